The maximum Gasteiger partial charge on any atom is -0.00977 e. The van der Waals surface area contributed by atoms with E-state index in [1.807, 2.05) is 0 Å². The van der Waals surface area contributed by atoms with Crippen LogP contribution in [-0.4, -0.2) is 0 Å². The number of allylic oxidation sites excluding steroid dienone is 8. The zero-order valence-corrected chi connectivity index (χ0v) is 7.37. The Labute approximate surface area is 75.0 Å². The quantitative estimate of drug-likeness (QED) is 0.474. The van der Waals surface area contributed by atoms with Gasteiger partial charge in [-0.1, -0.05) is 42.5 Å². The third-order valence-corrected chi connectivity index (χ3v) is 1.68. The highest BCUT2D eigenvalue weighted by atomic mass is 13.8. The van der Waals surface area contributed by atoms with E-state index in [4.69, 9.17) is 0 Å². The summed E-state index contributed by atoms with van der Waals surface area (Å²) < 4.78 is 0. The Kier molecular flexibility index (Phi) is 5.02. The van der Waals surface area contributed by atoms with Gasteiger partial charge in [0.25, 0.3) is 0 Å². The minimum absolute atomic E-state index is 0.946. The molecule has 0 atom stereocenters. The second kappa shape index (κ2) is 6.66. The van der Waals surface area contributed by atoms with Gasteiger partial charge in [-0.25, -0.2) is 0 Å². The molecule has 0 aliphatic heterocycles. The normalized spacial score (nSPS) is 18.7. The van der Waals surface area contributed by atoms with Crippen molar-refractivity contribution < 1.29 is 0 Å². The van der Waals surface area contributed by atoms with Crippen molar-refractivity contribution in [3.63, 3.8) is 0 Å². The van der Waals surface area contributed by atoms with Crippen molar-refractivity contribution in [1.82, 2.24) is 0 Å². The maximum atomic E-state index is 3.22. The summed E-state index contributed by atoms with van der Waals surface area (Å²) in [6.45, 7) is 0. The van der Waals surface area contributed by atoms with Crippen LogP contribution >= 0.6 is 0 Å². The van der Waals surface area contributed by atoms with E-state index >= 15 is 0 Å². The molecular weight excluding hydrogens is 144 g/mol. The van der Waals surface area contributed by atoms with Gasteiger partial charge in [0.15, 0.2) is 0 Å². The molecular formula is C12H15. The molecule has 0 heteroatoms. The maximum absolute atomic E-state index is 3.22. The zero-order chi connectivity index (χ0) is 8.49. The molecule has 0 spiro atoms. The minimum Gasteiger partial charge on any atom is -0.0844 e. The third kappa shape index (κ3) is 4.73. The molecule has 1 aliphatic rings. The van der Waals surface area contributed by atoms with Gasteiger partial charge in [-0.3, -0.25) is 0 Å². The molecule has 1 radical (unpaired) electrons. The van der Waals surface area contributed by atoms with Crippen molar-refractivity contribution in [3.8, 4) is 0 Å². The summed E-state index contributed by atoms with van der Waals surface area (Å²) in [5.41, 5.74) is 0. The number of hydrogen-bond donors (Lipinski definition) is 0. The summed E-state index contributed by atoms with van der Waals surface area (Å²) in [7, 11) is 0. The number of rotatable bonds is 0. The molecule has 0 nitrogen and oxygen atoms in total. The second-order valence-electron chi connectivity index (χ2n) is 2.73. The van der Waals surface area contributed by atoms with E-state index in [-0.39, 0.29) is 0 Å². The Bertz CT molecular complexity index is 140. The van der Waals surface area contributed by atoms with Crippen LogP contribution in [0.3, 0.4) is 0 Å². The van der Waals surface area contributed by atoms with E-state index < -0.39 is 0 Å². The summed E-state index contributed by atoms with van der Waals surface area (Å²) in [6, 6.07) is 0. The summed E-state index contributed by atoms with van der Waals surface area (Å²) in [5.74, 6) is 0. The lowest BCUT2D eigenvalue weighted by Gasteiger charge is -1.87. The van der Waals surface area contributed by atoms with Gasteiger partial charge in [-0.2, -0.15) is 0 Å². The first-order valence-corrected chi connectivity index (χ1v) is 4.50. The van der Waals surface area contributed by atoms with Crippen LogP contribution < -0.4 is 0 Å². The molecule has 0 aromatic carbocycles. The lowest BCUT2D eigenvalue weighted by atomic mass is 10.2. The van der Waals surface area contributed by atoms with E-state index in [0.29, 0.717) is 0 Å². The lowest BCUT2D eigenvalue weighted by molar-refractivity contribution is 1.21. The summed E-state index contributed by atoms with van der Waals surface area (Å²) >= 11 is 0. The summed E-state index contributed by atoms with van der Waals surface area (Å²) in [6.07, 6.45) is 22.5. The van der Waals surface area contributed by atoms with Gasteiger partial charge < -0.3 is 0 Å². The Morgan fingerprint density at radius 1 is 0.667 bits per heavy atom. The first-order valence-electron chi connectivity index (χ1n) is 4.50. The molecule has 0 saturated heterocycles. The van der Waals surface area contributed by atoms with E-state index in [2.05, 4.69) is 48.6 Å². The average molecular weight is 159 g/mol. The van der Waals surface area contributed by atoms with Crippen LogP contribution in [0.4, 0.5) is 0 Å². The second-order valence-corrected chi connectivity index (χ2v) is 2.73. The molecule has 0 unspecified atom stereocenters. The number of hydrogen-bond acceptors (Lipinski definition) is 0. The Morgan fingerprint density at radius 2 is 1.25 bits per heavy atom. The van der Waals surface area contributed by atoms with Gasteiger partial charge in [0.2, 0.25) is 0 Å². The van der Waals surface area contributed by atoms with Crippen LogP contribution in [0.5, 0.6) is 0 Å². The highest BCUT2D eigenvalue weighted by molar-refractivity contribution is 5.01. The van der Waals surface area contributed by atoms with Crippen LogP contribution in [-0.2, 0) is 0 Å². The molecule has 0 aromatic rings. The van der Waals surface area contributed by atoms with E-state index in [1.165, 1.54) is 0 Å². The zero-order valence-electron chi connectivity index (χ0n) is 7.37. The molecule has 0 N–H and O–H groups in total. The summed E-state index contributed by atoms with van der Waals surface area (Å²) in [4.78, 5) is 0. The van der Waals surface area contributed by atoms with Crippen LogP contribution in [0.2, 0.25) is 0 Å². The molecule has 0 heterocycles. The van der Waals surface area contributed by atoms with Crippen LogP contribution in [0.25, 0.3) is 0 Å². The van der Waals surface area contributed by atoms with Gasteiger partial charge >= 0.3 is 0 Å². The lowest BCUT2D eigenvalue weighted by Crippen LogP contribution is -1.67. The first kappa shape index (κ1) is 9.05. The molecule has 0 bridgehead atoms. The van der Waals surface area contributed by atoms with Crippen molar-refractivity contribution in [2.45, 2.75) is 25.7 Å². The monoisotopic (exact) mass is 159 g/mol. The SMILES string of the molecule is [C]1=CCC=CCC=CCC=CC1. The Balaban J connectivity index is 2.40. The van der Waals surface area contributed by atoms with Gasteiger partial charge in [-0.15, -0.1) is 0 Å². The van der Waals surface area contributed by atoms with Gasteiger partial charge in [0.1, 0.15) is 0 Å². The Hall–Kier alpha value is -1.04. The standard InChI is InChI=1S/C12H15/c1-2-4-6-8-10-12-11-9-7-5-3-1/h1-2,5-8,11H,3-4,9-10H2. The fraction of sp³-hybridized carbons (Fsp3) is 0.333. The van der Waals surface area contributed by atoms with Crippen molar-refractivity contribution in [3.05, 3.63) is 48.6 Å². The molecule has 0 saturated carbocycles. The van der Waals surface area contributed by atoms with Crippen LogP contribution in [0.1, 0.15) is 25.7 Å². The van der Waals surface area contributed by atoms with Gasteiger partial charge in [-0.05, 0) is 31.8 Å². The molecule has 0 aromatic heterocycles. The molecule has 1 aliphatic carbocycles. The van der Waals surface area contributed by atoms with E-state index in [1.54, 1.807) is 0 Å². The summed E-state index contributed by atoms with van der Waals surface area (Å²) in [5, 5.41) is 0. The average Bonchev–Trinajstić information content (AvgIpc) is 2.05. The topological polar surface area (TPSA) is 0 Å². The largest absolute Gasteiger partial charge is 0.0844 e. The van der Waals surface area contributed by atoms with E-state index in [0.717, 1.165) is 25.7 Å². The van der Waals surface area contributed by atoms with Crippen molar-refractivity contribution in [2.24, 2.45) is 0 Å². The predicted molar refractivity (Wildman–Crippen MR) is 53.7 cm³/mol. The van der Waals surface area contributed by atoms with Crippen molar-refractivity contribution in [2.75, 3.05) is 0 Å². The fourth-order valence-corrected chi connectivity index (χ4v) is 1.02. The van der Waals surface area contributed by atoms with Crippen LogP contribution in [0.15, 0.2) is 42.5 Å². The predicted octanol–water partition coefficient (Wildman–Crippen LogP) is 3.59. The van der Waals surface area contributed by atoms with Gasteiger partial charge in [0.05, 0.1) is 0 Å². The van der Waals surface area contributed by atoms with Crippen LogP contribution in [0, 0.1) is 6.08 Å². The minimum atomic E-state index is 0.946. The molecule has 0 fully saturated rings. The van der Waals surface area contributed by atoms with Gasteiger partial charge in [0, 0.05) is 0 Å². The van der Waals surface area contributed by atoms with Crippen molar-refractivity contribution in [1.29, 1.82) is 0 Å². The third-order valence-electron chi connectivity index (χ3n) is 1.68. The highest BCUT2D eigenvalue weighted by Gasteiger charge is 1.77. The Morgan fingerprint density at radius 3 is 2.00 bits per heavy atom. The molecule has 12 heavy (non-hydrogen) atoms. The molecule has 0 amide bonds. The highest BCUT2D eigenvalue weighted by Crippen LogP contribution is 1.97. The smallest absolute Gasteiger partial charge is 0.00977 e. The molecule has 1 rings (SSSR count). The molecule has 63 valence electrons. The fourth-order valence-electron chi connectivity index (χ4n) is 1.02. The van der Waals surface area contributed by atoms with Crippen molar-refractivity contribution >= 4 is 0 Å². The van der Waals surface area contributed by atoms with E-state index in [9.17, 15) is 0 Å². The first-order chi connectivity index (χ1) is 6.00.